The number of aliphatic hydroxyl groups is 2. The third-order valence-corrected chi connectivity index (χ3v) is 12.7. The average molecular weight is 865 g/mol. The van der Waals surface area contributed by atoms with Crippen LogP contribution in [0.4, 0.5) is 5.69 Å². The molecule has 2 amide bonds. The van der Waals surface area contributed by atoms with Crippen molar-refractivity contribution in [2.45, 2.75) is 42.3 Å². The third kappa shape index (κ3) is 7.37. The van der Waals surface area contributed by atoms with E-state index >= 15 is 14.4 Å². The molecule has 2 fully saturated rings. The number of benzene rings is 6. The molecule has 7 atom stereocenters. The Balaban J connectivity index is 1.17. The van der Waals surface area contributed by atoms with E-state index in [9.17, 15) is 10.2 Å². The summed E-state index contributed by atoms with van der Waals surface area (Å²) < 4.78 is 14.0. The Morgan fingerprint density at radius 2 is 1.52 bits per heavy atom. The van der Waals surface area contributed by atoms with Crippen LogP contribution in [0.15, 0.2) is 158 Å². The fourth-order valence-corrected chi connectivity index (χ4v) is 9.93. The molecule has 1 aromatic heterocycles. The SMILES string of the molecule is O=C1O[C@H](c2ccccc2)[C@H](c2ccccc2)N2[C@H]1[C@@H](C(=O)NC[C@H](O)c1ccccc1)[C@]1(C(=O)Nc3ccc(C#CCn4nnc5ccccc54)cc31)[C@H]2c1ccc(OCCO)cc1. The normalized spacial score (nSPS) is 22.6. The van der Waals surface area contributed by atoms with Gasteiger partial charge in [-0.2, -0.15) is 0 Å². The molecule has 1 spiro atoms. The highest BCUT2D eigenvalue weighted by Crippen LogP contribution is 2.64. The Bertz CT molecular complexity index is 2940. The third-order valence-electron chi connectivity index (χ3n) is 12.7. The van der Waals surface area contributed by atoms with E-state index in [1.807, 2.05) is 120 Å². The van der Waals surface area contributed by atoms with Gasteiger partial charge in [-0.15, -0.1) is 5.10 Å². The van der Waals surface area contributed by atoms with E-state index in [0.717, 1.165) is 22.2 Å². The minimum absolute atomic E-state index is 0.0748. The zero-order valence-electron chi connectivity index (χ0n) is 35.0. The molecule has 0 unspecified atom stereocenters. The van der Waals surface area contributed by atoms with Crippen LogP contribution in [0.1, 0.15) is 57.7 Å². The van der Waals surface area contributed by atoms with Gasteiger partial charge in [-0.3, -0.25) is 19.3 Å². The molecule has 65 heavy (non-hydrogen) atoms. The zero-order chi connectivity index (χ0) is 44.5. The molecule has 0 saturated carbocycles. The topological polar surface area (TPSA) is 168 Å². The number of carbonyl (C=O) groups excluding carboxylic acids is 3. The summed E-state index contributed by atoms with van der Waals surface area (Å²) in [5, 5.41) is 35.5. The van der Waals surface area contributed by atoms with Crippen molar-refractivity contribution in [1.29, 1.82) is 0 Å². The predicted molar refractivity (Wildman–Crippen MR) is 241 cm³/mol. The molecule has 0 radical (unpaired) electrons. The highest BCUT2D eigenvalue weighted by molar-refractivity contribution is 6.12. The highest BCUT2D eigenvalue weighted by Gasteiger charge is 2.74. The molecule has 13 heteroatoms. The number of nitrogens with one attached hydrogen (secondary N) is 2. The number of amides is 2. The second-order valence-electron chi connectivity index (χ2n) is 16.3. The van der Waals surface area contributed by atoms with E-state index in [2.05, 4.69) is 32.8 Å². The van der Waals surface area contributed by atoms with Gasteiger partial charge in [-0.25, -0.2) is 4.68 Å². The van der Waals surface area contributed by atoms with E-state index in [1.54, 1.807) is 47.1 Å². The van der Waals surface area contributed by atoms with Gasteiger partial charge >= 0.3 is 5.97 Å². The van der Waals surface area contributed by atoms with Crippen molar-refractivity contribution in [1.82, 2.24) is 25.2 Å². The monoisotopic (exact) mass is 864 g/mol. The smallest absolute Gasteiger partial charge is 0.324 e. The van der Waals surface area contributed by atoms with Crippen LogP contribution in [0, 0.1) is 17.8 Å². The van der Waals surface area contributed by atoms with Gasteiger partial charge in [-0.05, 0) is 70.3 Å². The molecular formula is C52H44N6O7. The summed E-state index contributed by atoms with van der Waals surface area (Å²) in [7, 11) is 0. The van der Waals surface area contributed by atoms with Crippen LogP contribution in [-0.2, 0) is 31.1 Å². The second-order valence-corrected chi connectivity index (χ2v) is 16.3. The molecule has 2 saturated heterocycles. The van der Waals surface area contributed by atoms with Gasteiger partial charge in [0.15, 0.2) is 0 Å². The lowest BCUT2D eigenvalue weighted by Crippen LogP contribution is -2.55. The Morgan fingerprint density at radius 1 is 0.831 bits per heavy atom. The Labute approximate surface area is 374 Å². The molecule has 10 rings (SSSR count). The van der Waals surface area contributed by atoms with E-state index in [-0.39, 0.29) is 26.3 Å². The number of esters is 1. The van der Waals surface area contributed by atoms with Crippen molar-refractivity contribution in [3.05, 3.63) is 191 Å². The maximum atomic E-state index is 15.5. The lowest BCUT2D eigenvalue weighted by Gasteiger charge is -2.46. The van der Waals surface area contributed by atoms with Crippen LogP contribution in [0.3, 0.4) is 0 Å². The van der Waals surface area contributed by atoms with Gasteiger partial charge in [0, 0.05) is 17.8 Å². The molecule has 0 aliphatic carbocycles. The summed E-state index contributed by atoms with van der Waals surface area (Å²) in [6.07, 6.45) is -1.92. The van der Waals surface area contributed by atoms with Crippen LogP contribution in [0.25, 0.3) is 11.0 Å². The fourth-order valence-electron chi connectivity index (χ4n) is 9.93. The lowest BCUT2D eigenvalue weighted by atomic mass is 9.65. The van der Waals surface area contributed by atoms with Crippen molar-refractivity contribution in [3.63, 3.8) is 0 Å². The number of anilines is 1. The van der Waals surface area contributed by atoms with Crippen molar-refractivity contribution < 1.29 is 34.1 Å². The number of para-hydroxylation sites is 1. The Morgan fingerprint density at radius 3 is 2.26 bits per heavy atom. The number of hydrogen-bond acceptors (Lipinski definition) is 10. The average Bonchev–Trinajstić information content (AvgIpc) is 4.00. The van der Waals surface area contributed by atoms with Gasteiger partial charge in [0.1, 0.15) is 42.0 Å². The number of nitrogens with zero attached hydrogens (tertiary/aromatic N) is 4. The summed E-state index contributed by atoms with van der Waals surface area (Å²) >= 11 is 0. The van der Waals surface area contributed by atoms with Crippen LogP contribution in [0.5, 0.6) is 5.75 Å². The van der Waals surface area contributed by atoms with Crippen LogP contribution in [-0.4, -0.2) is 73.7 Å². The summed E-state index contributed by atoms with van der Waals surface area (Å²) in [4.78, 5) is 48.1. The number of rotatable bonds is 11. The molecule has 7 aromatic rings. The van der Waals surface area contributed by atoms with Crippen molar-refractivity contribution in [2.24, 2.45) is 5.92 Å². The van der Waals surface area contributed by atoms with Crippen molar-refractivity contribution >= 4 is 34.5 Å². The lowest BCUT2D eigenvalue weighted by molar-refractivity contribution is -0.178. The van der Waals surface area contributed by atoms with E-state index < -0.39 is 59.5 Å². The Hall–Kier alpha value is -7.63. The summed E-state index contributed by atoms with van der Waals surface area (Å²) in [5.74, 6) is 3.82. The summed E-state index contributed by atoms with van der Waals surface area (Å²) in [6, 6.07) is 45.4. The van der Waals surface area contributed by atoms with Crippen LogP contribution in [0.2, 0.25) is 0 Å². The minimum Gasteiger partial charge on any atom is -0.491 e. The van der Waals surface area contributed by atoms with Crippen LogP contribution >= 0.6 is 0 Å². The Kier molecular flexibility index (Phi) is 11.1. The molecule has 324 valence electrons. The first kappa shape index (κ1) is 41.4. The maximum absolute atomic E-state index is 15.5. The largest absolute Gasteiger partial charge is 0.491 e. The molecule has 4 N–H and O–H groups in total. The molecule has 3 aliphatic rings. The number of ether oxygens (including phenoxy) is 2. The second kappa shape index (κ2) is 17.5. The number of aliphatic hydroxyl groups excluding tert-OH is 2. The standard InChI is InChI=1S/C52H44N6O7/c59-29-30-64-38-25-23-37(24-26-38)48-52(39-31-33(22-27-40(39)54-51(52)63)13-12-28-57-42-21-11-10-20-41(42)55-56-57)44(49(61)53-32-43(60)34-14-4-1-5-15-34)46-50(62)65-47(36-18-8-3-9-19-36)45(58(46)48)35-16-6-2-7-17-35/h1-11,14-27,31,43-48,59-60H,28-30,32H2,(H,53,61)(H,54,63)/t43-,44-,45-,46-,47+,48+,52-/m0/s1. The number of morpholine rings is 1. The van der Waals surface area contributed by atoms with E-state index in [1.165, 1.54) is 0 Å². The van der Waals surface area contributed by atoms with Crippen LogP contribution < -0.4 is 15.4 Å². The minimum atomic E-state index is -1.77. The number of aromatic nitrogens is 3. The molecular weight excluding hydrogens is 821 g/mol. The summed E-state index contributed by atoms with van der Waals surface area (Å²) in [6.45, 7) is -0.0583. The number of cyclic esters (lactones) is 1. The predicted octanol–water partition coefficient (Wildman–Crippen LogP) is 5.97. The van der Waals surface area contributed by atoms with Gasteiger partial charge in [0.2, 0.25) is 11.8 Å². The maximum Gasteiger partial charge on any atom is 0.324 e. The van der Waals surface area contributed by atoms with E-state index in [4.69, 9.17) is 9.47 Å². The van der Waals surface area contributed by atoms with Gasteiger partial charge in [0.05, 0.1) is 36.2 Å². The molecule has 4 heterocycles. The van der Waals surface area contributed by atoms with Gasteiger partial charge < -0.3 is 30.3 Å². The molecule has 0 bridgehead atoms. The summed E-state index contributed by atoms with van der Waals surface area (Å²) in [5.41, 5.74) is 4.11. The molecule has 13 nitrogen and oxygen atoms in total. The quantitative estimate of drug-likeness (QED) is 0.0898. The van der Waals surface area contributed by atoms with Gasteiger partial charge in [0.25, 0.3) is 0 Å². The fraction of sp³-hybridized carbons (Fsp3) is 0.212. The number of fused-ring (bicyclic) bond motifs is 4. The first-order valence-corrected chi connectivity index (χ1v) is 21.5. The molecule has 3 aliphatic heterocycles. The van der Waals surface area contributed by atoms with Crippen molar-refractivity contribution in [3.8, 4) is 17.6 Å². The zero-order valence-corrected chi connectivity index (χ0v) is 35.0. The number of carbonyl (C=O) groups is 3. The first-order chi connectivity index (χ1) is 31.9. The number of hydrogen-bond donors (Lipinski definition) is 4. The van der Waals surface area contributed by atoms with Crippen molar-refractivity contribution in [2.75, 3.05) is 25.1 Å². The first-order valence-electron chi connectivity index (χ1n) is 21.5. The van der Waals surface area contributed by atoms with Gasteiger partial charge in [-0.1, -0.05) is 132 Å². The molecule has 6 aromatic carbocycles. The highest BCUT2D eigenvalue weighted by atomic mass is 16.6. The van der Waals surface area contributed by atoms with E-state index in [0.29, 0.717) is 33.7 Å².